The number of carbonyl (C=O) groups excluding carboxylic acids is 1. The summed E-state index contributed by atoms with van der Waals surface area (Å²) in [5, 5.41) is 0. The predicted molar refractivity (Wildman–Crippen MR) is 106 cm³/mol. The highest BCUT2D eigenvalue weighted by Crippen LogP contribution is 2.34. The number of amides is 1. The van der Waals surface area contributed by atoms with E-state index < -0.39 is 0 Å². The van der Waals surface area contributed by atoms with Gasteiger partial charge in [0.2, 0.25) is 5.91 Å². The van der Waals surface area contributed by atoms with E-state index in [2.05, 4.69) is 16.7 Å². The largest absolute Gasteiger partial charge is 0.381 e. The van der Waals surface area contributed by atoms with E-state index >= 15 is 0 Å². The summed E-state index contributed by atoms with van der Waals surface area (Å²) in [6.45, 7) is 6.51. The monoisotopic (exact) mass is 378 g/mol. The molecule has 2 saturated heterocycles. The molecule has 27 heavy (non-hydrogen) atoms. The molecule has 2 aliphatic heterocycles. The summed E-state index contributed by atoms with van der Waals surface area (Å²) < 4.78 is 11.5. The summed E-state index contributed by atoms with van der Waals surface area (Å²) in [7, 11) is 0. The van der Waals surface area contributed by atoms with E-state index in [1.807, 2.05) is 0 Å². The molecule has 0 aromatic heterocycles. The van der Waals surface area contributed by atoms with E-state index in [-0.39, 0.29) is 5.91 Å². The van der Waals surface area contributed by atoms with Crippen LogP contribution in [0, 0.1) is 5.92 Å². The van der Waals surface area contributed by atoms with Gasteiger partial charge in [-0.1, -0.05) is 12.8 Å². The standard InChI is InChI=1S/C22H38N2O3/c1-2-26-15-17-7-9-18(10-8-17)23-13-11-19(12-14-23)24-20-5-3-4-6-21(20)27-16-22(24)25/h17-21H,2-16H2,1H3/t17-,18-,20-,21+/m0/s1. The van der Waals surface area contributed by atoms with Crippen molar-refractivity contribution in [2.45, 2.75) is 95.4 Å². The molecular formula is C22H38N2O3. The van der Waals surface area contributed by atoms with Gasteiger partial charge in [0.15, 0.2) is 0 Å². The molecule has 2 aliphatic carbocycles. The lowest BCUT2D eigenvalue weighted by Gasteiger charge is -2.50. The van der Waals surface area contributed by atoms with Gasteiger partial charge in [-0.05, 0) is 64.2 Å². The van der Waals surface area contributed by atoms with Gasteiger partial charge in [-0.3, -0.25) is 4.79 Å². The topological polar surface area (TPSA) is 42.0 Å². The fourth-order valence-corrected chi connectivity index (χ4v) is 5.99. The molecule has 0 N–H and O–H groups in total. The number of fused-ring (bicyclic) bond motifs is 1. The molecule has 154 valence electrons. The molecule has 5 nitrogen and oxygen atoms in total. The number of rotatable bonds is 5. The Kier molecular flexibility index (Phi) is 6.72. The zero-order chi connectivity index (χ0) is 18.6. The van der Waals surface area contributed by atoms with E-state index in [1.165, 1.54) is 38.5 Å². The van der Waals surface area contributed by atoms with Crippen molar-refractivity contribution in [1.29, 1.82) is 0 Å². The lowest BCUT2D eigenvalue weighted by atomic mass is 9.84. The van der Waals surface area contributed by atoms with Gasteiger partial charge in [0.05, 0.1) is 12.1 Å². The van der Waals surface area contributed by atoms with Crippen LogP contribution in [0.4, 0.5) is 0 Å². The van der Waals surface area contributed by atoms with Crippen molar-refractivity contribution in [2.75, 3.05) is 32.9 Å². The lowest BCUT2D eigenvalue weighted by molar-refractivity contribution is -0.167. The van der Waals surface area contributed by atoms with Gasteiger partial charge in [0.25, 0.3) is 0 Å². The molecule has 1 amide bonds. The first-order chi connectivity index (χ1) is 13.3. The normalized spacial score (nSPS) is 36.6. The second-order valence-electron chi connectivity index (χ2n) is 9.10. The highest BCUT2D eigenvalue weighted by molar-refractivity contribution is 5.79. The first-order valence-electron chi connectivity index (χ1n) is 11.5. The van der Waals surface area contributed by atoms with Crippen LogP contribution in [0.15, 0.2) is 0 Å². The number of piperidine rings is 1. The van der Waals surface area contributed by atoms with Crippen LogP contribution in [0.5, 0.6) is 0 Å². The van der Waals surface area contributed by atoms with Crippen LogP contribution in [-0.2, 0) is 14.3 Å². The summed E-state index contributed by atoms with van der Waals surface area (Å²) >= 11 is 0. The van der Waals surface area contributed by atoms with Crippen molar-refractivity contribution < 1.29 is 14.3 Å². The van der Waals surface area contributed by atoms with Crippen molar-refractivity contribution in [1.82, 2.24) is 9.80 Å². The Morgan fingerprint density at radius 3 is 2.44 bits per heavy atom. The van der Waals surface area contributed by atoms with Gasteiger partial charge in [-0.2, -0.15) is 0 Å². The minimum atomic E-state index is 0.244. The number of morpholine rings is 1. The van der Waals surface area contributed by atoms with Crippen LogP contribution >= 0.6 is 0 Å². The van der Waals surface area contributed by atoms with Crippen molar-refractivity contribution in [3.63, 3.8) is 0 Å². The molecule has 4 fully saturated rings. The number of ether oxygens (including phenoxy) is 2. The van der Waals surface area contributed by atoms with Gasteiger partial charge in [0, 0.05) is 38.4 Å². The molecule has 4 rings (SSSR count). The number of carbonyl (C=O) groups is 1. The maximum absolute atomic E-state index is 12.6. The lowest BCUT2D eigenvalue weighted by Crippen LogP contribution is -2.61. The van der Waals surface area contributed by atoms with Gasteiger partial charge >= 0.3 is 0 Å². The van der Waals surface area contributed by atoms with Crippen LogP contribution < -0.4 is 0 Å². The van der Waals surface area contributed by atoms with E-state index in [1.54, 1.807) is 0 Å². The zero-order valence-corrected chi connectivity index (χ0v) is 17.1. The Morgan fingerprint density at radius 1 is 0.963 bits per heavy atom. The fourth-order valence-electron chi connectivity index (χ4n) is 5.99. The molecular weight excluding hydrogens is 340 g/mol. The Labute approximate surface area is 164 Å². The number of likely N-dealkylation sites (tertiary alicyclic amines) is 1. The zero-order valence-electron chi connectivity index (χ0n) is 17.1. The smallest absolute Gasteiger partial charge is 0.249 e. The first kappa shape index (κ1) is 19.7. The predicted octanol–water partition coefficient (Wildman–Crippen LogP) is 3.22. The molecule has 0 radical (unpaired) electrons. The second kappa shape index (κ2) is 9.23. The van der Waals surface area contributed by atoms with Crippen molar-refractivity contribution in [3.8, 4) is 0 Å². The van der Waals surface area contributed by atoms with E-state index in [0.717, 1.165) is 63.9 Å². The Hall–Kier alpha value is -0.650. The van der Waals surface area contributed by atoms with Crippen LogP contribution in [0.2, 0.25) is 0 Å². The molecule has 5 heteroatoms. The van der Waals surface area contributed by atoms with E-state index in [4.69, 9.17) is 9.47 Å². The highest BCUT2D eigenvalue weighted by atomic mass is 16.5. The maximum Gasteiger partial charge on any atom is 0.249 e. The summed E-state index contributed by atoms with van der Waals surface area (Å²) in [6.07, 6.45) is 12.7. The summed E-state index contributed by atoms with van der Waals surface area (Å²) in [4.78, 5) is 17.6. The summed E-state index contributed by atoms with van der Waals surface area (Å²) in [5.74, 6) is 1.01. The van der Waals surface area contributed by atoms with Gasteiger partial charge < -0.3 is 19.3 Å². The molecule has 2 heterocycles. The number of nitrogens with zero attached hydrogens (tertiary/aromatic N) is 2. The average molecular weight is 379 g/mol. The van der Waals surface area contributed by atoms with Crippen LogP contribution in [0.1, 0.15) is 71.1 Å². The first-order valence-corrected chi connectivity index (χ1v) is 11.5. The molecule has 4 aliphatic rings. The minimum Gasteiger partial charge on any atom is -0.381 e. The molecule has 0 spiro atoms. The SMILES string of the molecule is CCOC[C@H]1CC[C@H](N2CCC(N3C(=O)CO[C@@H]4CCCC[C@@H]43)CC2)CC1. The van der Waals surface area contributed by atoms with Gasteiger partial charge in [-0.15, -0.1) is 0 Å². The van der Waals surface area contributed by atoms with E-state index in [0.29, 0.717) is 24.8 Å². The van der Waals surface area contributed by atoms with Gasteiger partial charge in [-0.25, -0.2) is 0 Å². The average Bonchev–Trinajstić information content (AvgIpc) is 2.73. The molecule has 0 aromatic carbocycles. The molecule has 0 bridgehead atoms. The molecule has 2 saturated carbocycles. The van der Waals surface area contributed by atoms with E-state index in [9.17, 15) is 4.79 Å². The number of hydrogen-bond acceptors (Lipinski definition) is 4. The Bertz CT molecular complexity index is 484. The third-order valence-electron chi connectivity index (χ3n) is 7.52. The Morgan fingerprint density at radius 2 is 1.70 bits per heavy atom. The summed E-state index contributed by atoms with van der Waals surface area (Å²) in [5.41, 5.74) is 0. The highest BCUT2D eigenvalue weighted by Gasteiger charge is 2.42. The molecule has 0 unspecified atom stereocenters. The van der Waals surface area contributed by atoms with Crippen LogP contribution in [0.25, 0.3) is 0 Å². The van der Waals surface area contributed by atoms with Crippen LogP contribution in [0.3, 0.4) is 0 Å². The quantitative estimate of drug-likeness (QED) is 0.737. The third kappa shape index (κ3) is 4.51. The summed E-state index contributed by atoms with van der Waals surface area (Å²) in [6, 6.07) is 1.55. The maximum atomic E-state index is 12.6. The third-order valence-corrected chi connectivity index (χ3v) is 7.52. The van der Waals surface area contributed by atoms with Crippen LogP contribution in [-0.4, -0.2) is 72.8 Å². The van der Waals surface area contributed by atoms with Crippen molar-refractivity contribution >= 4 is 5.91 Å². The Balaban J connectivity index is 1.27. The van der Waals surface area contributed by atoms with Crippen molar-refractivity contribution in [3.05, 3.63) is 0 Å². The molecule has 2 atom stereocenters. The van der Waals surface area contributed by atoms with Crippen molar-refractivity contribution in [2.24, 2.45) is 5.92 Å². The minimum absolute atomic E-state index is 0.244. The number of hydrogen-bond donors (Lipinski definition) is 0. The fraction of sp³-hybridized carbons (Fsp3) is 0.955. The van der Waals surface area contributed by atoms with Gasteiger partial charge in [0.1, 0.15) is 6.61 Å². The molecule has 0 aromatic rings. The second-order valence-corrected chi connectivity index (χ2v) is 9.10.